The summed E-state index contributed by atoms with van der Waals surface area (Å²) in [6.45, 7) is 7.00. The molecule has 0 radical (unpaired) electrons. The van der Waals surface area contributed by atoms with E-state index in [4.69, 9.17) is 0 Å². The molecule has 0 aromatic heterocycles. The summed E-state index contributed by atoms with van der Waals surface area (Å²) in [6.07, 6.45) is 0. The smallest absolute Gasteiger partial charge is 0.214 e. The minimum atomic E-state index is -3.75. The Morgan fingerprint density at radius 1 is 0.964 bits per heavy atom. The molecule has 0 saturated heterocycles. The van der Waals surface area contributed by atoms with Gasteiger partial charge in [-0.2, -0.15) is 0 Å². The van der Waals surface area contributed by atoms with E-state index in [0.29, 0.717) is 0 Å². The third kappa shape index (κ3) is 5.93. The fraction of sp³-hybridized carbons (Fsp3) is 0.667. The molecule has 0 spiro atoms. The Kier molecular flexibility index (Phi) is 7.40. The minimum absolute atomic E-state index is 0.239. The van der Waals surface area contributed by atoms with E-state index in [1.54, 1.807) is 0 Å². The van der Waals surface area contributed by atoms with Crippen molar-refractivity contribution in [2.24, 2.45) is 0 Å². The molecule has 10 heteroatoms. The number of hydrogen-bond donors (Lipinski definition) is 1. The first-order valence-corrected chi connectivity index (χ1v) is 12.1. The summed E-state index contributed by atoms with van der Waals surface area (Å²) in [4.78, 5) is 0. The maximum atomic E-state index is 14.9. The summed E-state index contributed by atoms with van der Waals surface area (Å²) in [5.74, 6) is -1.92. The Morgan fingerprint density at radius 2 is 1.50 bits per heavy atom. The van der Waals surface area contributed by atoms with Gasteiger partial charge in [0.15, 0.2) is 9.84 Å². The Balaban J connectivity index is 3.15. The standard InChI is InChI=1S/C18H28F3NO4S2/c1-12(2)27(23,24)11-18(6,21)14-7-8-15(16(19)9-14)17(5,20)10-22-28(25,26)13(3)4/h7-9,12-13,22H,10-11H2,1-6H3. The molecular formula is C18H28F3NO4S2. The number of nitrogens with one attached hydrogen (secondary N) is 1. The van der Waals surface area contributed by atoms with E-state index >= 15 is 0 Å². The van der Waals surface area contributed by atoms with Crippen LogP contribution >= 0.6 is 0 Å². The van der Waals surface area contributed by atoms with Crippen LogP contribution in [0.3, 0.4) is 0 Å². The highest BCUT2D eigenvalue weighted by atomic mass is 32.2. The third-order valence-electron chi connectivity index (χ3n) is 4.55. The molecule has 2 unspecified atom stereocenters. The first kappa shape index (κ1) is 24.9. The molecule has 162 valence electrons. The van der Waals surface area contributed by atoms with Gasteiger partial charge in [-0.1, -0.05) is 12.1 Å². The number of benzene rings is 1. The lowest BCUT2D eigenvalue weighted by Crippen LogP contribution is -2.39. The molecule has 5 nitrogen and oxygen atoms in total. The van der Waals surface area contributed by atoms with Crippen LogP contribution in [0, 0.1) is 5.82 Å². The molecule has 1 aromatic carbocycles. The highest BCUT2D eigenvalue weighted by molar-refractivity contribution is 7.92. The molecule has 1 aromatic rings. The van der Waals surface area contributed by atoms with E-state index in [0.717, 1.165) is 32.0 Å². The zero-order valence-electron chi connectivity index (χ0n) is 16.9. The maximum absolute atomic E-state index is 14.9. The molecule has 1 N–H and O–H groups in total. The van der Waals surface area contributed by atoms with E-state index in [2.05, 4.69) is 4.72 Å². The van der Waals surface area contributed by atoms with Gasteiger partial charge in [0.25, 0.3) is 0 Å². The van der Waals surface area contributed by atoms with Crippen molar-refractivity contribution in [3.05, 3.63) is 35.1 Å². The second kappa shape index (κ2) is 8.31. The molecule has 0 aliphatic rings. The average Bonchev–Trinajstić information content (AvgIpc) is 2.51. The molecule has 0 amide bonds. The van der Waals surface area contributed by atoms with Crippen molar-refractivity contribution in [1.82, 2.24) is 4.72 Å². The van der Waals surface area contributed by atoms with Crippen LogP contribution < -0.4 is 4.72 Å². The van der Waals surface area contributed by atoms with E-state index in [9.17, 15) is 30.0 Å². The third-order valence-corrected chi connectivity index (χ3v) is 8.72. The molecule has 0 aliphatic heterocycles. The normalized spacial score (nSPS) is 17.5. The van der Waals surface area contributed by atoms with Crippen LogP contribution in [0.1, 0.15) is 52.7 Å². The van der Waals surface area contributed by atoms with Crippen LogP contribution in [0.2, 0.25) is 0 Å². The highest BCUT2D eigenvalue weighted by Crippen LogP contribution is 2.33. The van der Waals surface area contributed by atoms with Crippen LogP contribution in [-0.2, 0) is 31.2 Å². The van der Waals surface area contributed by atoms with Gasteiger partial charge < -0.3 is 0 Å². The summed E-state index contributed by atoms with van der Waals surface area (Å²) >= 11 is 0. The van der Waals surface area contributed by atoms with Gasteiger partial charge in [-0.25, -0.2) is 34.7 Å². The second-order valence-corrected chi connectivity index (χ2v) is 12.7. The molecule has 1 rings (SSSR count). The highest BCUT2D eigenvalue weighted by Gasteiger charge is 2.37. The predicted octanol–water partition coefficient (Wildman–Crippen LogP) is 3.35. The number of sulfone groups is 1. The number of sulfonamides is 1. The van der Waals surface area contributed by atoms with Gasteiger partial charge in [0.2, 0.25) is 10.0 Å². The fourth-order valence-electron chi connectivity index (χ4n) is 2.39. The molecule has 0 saturated carbocycles. The summed E-state index contributed by atoms with van der Waals surface area (Å²) < 4.78 is 94.1. The van der Waals surface area contributed by atoms with Crippen molar-refractivity contribution < 1.29 is 30.0 Å². The van der Waals surface area contributed by atoms with Crippen molar-refractivity contribution >= 4 is 19.9 Å². The van der Waals surface area contributed by atoms with E-state index in [1.165, 1.54) is 27.7 Å². The van der Waals surface area contributed by atoms with Gasteiger partial charge in [-0.05, 0) is 53.2 Å². The van der Waals surface area contributed by atoms with E-state index < -0.39 is 65.4 Å². The van der Waals surface area contributed by atoms with Crippen LogP contribution in [0.25, 0.3) is 0 Å². The molecule has 2 atom stereocenters. The quantitative estimate of drug-likeness (QED) is 0.635. The van der Waals surface area contributed by atoms with Crippen LogP contribution in [0.15, 0.2) is 18.2 Å². The zero-order valence-corrected chi connectivity index (χ0v) is 18.5. The van der Waals surface area contributed by atoms with Gasteiger partial charge in [0.1, 0.15) is 17.2 Å². The molecule has 0 heterocycles. The lowest BCUT2D eigenvalue weighted by molar-refractivity contribution is 0.188. The lowest BCUT2D eigenvalue weighted by Gasteiger charge is -2.26. The molecular weight excluding hydrogens is 415 g/mol. The fourth-order valence-corrected chi connectivity index (χ4v) is 4.45. The zero-order chi connectivity index (χ0) is 22.1. The van der Waals surface area contributed by atoms with Crippen molar-refractivity contribution in [3.63, 3.8) is 0 Å². The molecule has 0 aliphatic carbocycles. The Morgan fingerprint density at radius 3 is 1.93 bits per heavy atom. The van der Waals surface area contributed by atoms with Crippen LogP contribution in [0.5, 0.6) is 0 Å². The van der Waals surface area contributed by atoms with Crippen molar-refractivity contribution in [3.8, 4) is 0 Å². The van der Waals surface area contributed by atoms with E-state index in [-0.39, 0.29) is 5.56 Å². The van der Waals surface area contributed by atoms with Crippen molar-refractivity contribution in [1.29, 1.82) is 0 Å². The topological polar surface area (TPSA) is 80.3 Å². The Bertz CT molecular complexity index is 909. The van der Waals surface area contributed by atoms with Gasteiger partial charge in [0.05, 0.1) is 16.3 Å². The SMILES string of the molecule is CC(C)S(=O)(=O)CC(C)(F)c1ccc(C(C)(F)CNS(=O)(=O)C(C)C)c(F)c1. The summed E-state index contributed by atoms with van der Waals surface area (Å²) in [5, 5.41) is -1.58. The predicted molar refractivity (Wildman–Crippen MR) is 104 cm³/mol. The van der Waals surface area contributed by atoms with Crippen molar-refractivity contribution in [2.75, 3.05) is 12.3 Å². The van der Waals surface area contributed by atoms with Crippen molar-refractivity contribution in [2.45, 2.75) is 63.4 Å². The number of alkyl halides is 2. The molecule has 0 bridgehead atoms. The molecule has 0 fully saturated rings. The Labute approximate surface area is 165 Å². The van der Waals surface area contributed by atoms with Crippen LogP contribution in [0.4, 0.5) is 13.2 Å². The van der Waals surface area contributed by atoms with Crippen LogP contribution in [-0.4, -0.2) is 39.6 Å². The molecule has 28 heavy (non-hydrogen) atoms. The first-order chi connectivity index (χ1) is 12.4. The maximum Gasteiger partial charge on any atom is 0.214 e. The van der Waals surface area contributed by atoms with Gasteiger partial charge in [-0.3, -0.25) is 0 Å². The lowest BCUT2D eigenvalue weighted by atomic mass is 9.92. The minimum Gasteiger partial charge on any atom is -0.238 e. The Hall–Kier alpha value is -1.13. The van der Waals surface area contributed by atoms with Gasteiger partial charge in [0, 0.05) is 12.1 Å². The number of halogens is 3. The summed E-state index contributed by atoms with van der Waals surface area (Å²) in [7, 11) is -7.49. The first-order valence-electron chi connectivity index (χ1n) is 8.81. The monoisotopic (exact) mass is 443 g/mol. The largest absolute Gasteiger partial charge is 0.238 e. The number of hydrogen-bond acceptors (Lipinski definition) is 4. The average molecular weight is 444 g/mol. The summed E-state index contributed by atoms with van der Waals surface area (Å²) in [5.41, 5.74) is -5.45. The number of rotatable bonds is 9. The van der Waals surface area contributed by atoms with Gasteiger partial charge >= 0.3 is 0 Å². The second-order valence-electron chi connectivity index (χ2n) is 7.86. The van der Waals surface area contributed by atoms with Gasteiger partial charge in [-0.15, -0.1) is 0 Å². The summed E-state index contributed by atoms with van der Waals surface area (Å²) in [6, 6.07) is 2.87. The van der Waals surface area contributed by atoms with E-state index in [1.807, 2.05) is 0 Å².